The lowest BCUT2D eigenvalue weighted by Gasteiger charge is -2.00. The second kappa shape index (κ2) is 4.16. The standard InChI is InChI=1S/C7H10O2.C2H6/c1-4-5(2)7(8)9-6(4)3;1-2/h6H,1-3H3;1-2H3. The highest BCUT2D eigenvalue weighted by Gasteiger charge is 2.23. The molecule has 0 saturated heterocycles. The monoisotopic (exact) mass is 156 g/mol. The maximum atomic E-state index is 10.7. The van der Waals surface area contributed by atoms with E-state index in [0.29, 0.717) is 0 Å². The molecule has 1 rings (SSSR count). The zero-order chi connectivity index (χ0) is 9.02. The molecule has 0 spiro atoms. The number of hydrogen-bond acceptors (Lipinski definition) is 2. The van der Waals surface area contributed by atoms with Gasteiger partial charge in [0.1, 0.15) is 6.10 Å². The highest BCUT2D eigenvalue weighted by atomic mass is 16.5. The lowest BCUT2D eigenvalue weighted by molar-refractivity contribution is -0.139. The summed E-state index contributed by atoms with van der Waals surface area (Å²) in [6.07, 6.45) is -0.00231. The third-order valence-corrected chi connectivity index (χ3v) is 1.79. The normalized spacial score (nSPS) is 22.6. The first-order valence-electron chi connectivity index (χ1n) is 4.01. The van der Waals surface area contributed by atoms with Gasteiger partial charge in [-0.1, -0.05) is 13.8 Å². The SMILES string of the molecule is CC.CC1=C(C)C(C)OC1=O. The molecular formula is C9H16O2. The first-order valence-corrected chi connectivity index (χ1v) is 4.01. The molecule has 0 radical (unpaired) electrons. The third kappa shape index (κ3) is 2.07. The molecule has 0 fully saturated rings. The van der Waals surface area contributed by atoms with Crippen molar-refractivity contribution in [1.82, 2.24) is 0 Å². The van der Waals surface area contributed by atoms with Crippen LogP contribution in [0.1, 0.15) is 34.6 Å². The van der Waals surface area contributed by atoms with Gasteiger partial charge in [-0.15, -0.1) is 0 Å². The second-order valence-corrected chi connectivity index (χ2v) is 2.36. The molecule has 0 N–H and O–H groups in total. The van der Waals surface area contributed by atoms with Crippen LogP contribution in [0.5, 0.6) is 0 Å². The molecule has 11 heavy (non-hydrogen) atoms. The molecule has 0 aliphatic carbocycles. The molecule has 0 aromatic rings. The lowest BCUT2D eigenvalue weighted by atomic mass is 10.1. The summed E-state index contributed by atoms with van der Waals surface area (Å²) in [5.74, 6) is -0.167. The summed E-state index contributed by atoms with van der Waals surface area (Å²) in [7, 11) is 0. The van der Waals surface area contributed by atoms with E-state index >= 15 is 0 Å². The van der Waals surface area contributed by atoms with E-state index in [1.54, 1.807) is 6.92 Å². The summed E-state index contributed by atoms with van der Waals surface area (Å²) < 4.78 is 4.87. The highest BCUT2D eigenvalue weighted by Crippen LogP contribution is 2.20. The van der Waals surface area contributed by atoms with Crippen molar-refractivity contribution in [2.75, 3.05) is 0 Å². The Labute approximate surface area is 68.2 Å². The van der Waals surface area contributed by atoms with Crippen molar-refractivity contribution < 1.29 is 9.53 Å². The first kappa shape index (κ1) is 10.2. The highest BCUT2D eigenvalue weighted by molar-refractivity contribution is 5.91. The molecule has 1 aliphatic heterocycles. The van der Waals surface area contributed by atoms with E-state index in [1.165, 1.54) is 0 Å². The van der Waals surface area contributed by atoms with Crippen LogP contribution in [-0.2, 0) is 9.53 Å². The average Bonchev–Trinajstić information content (AvgIpc) is 2.22. The Bertz CT molecular complexity index is 180. The number of rotatable bonds is 0. The zero-order valence-electron chi connectivity index (χ0n) is 7.89. The van der Waals surface area contributed by atoms with Crippen LogP contribution in [-0.4, -0.2) is 12.1 Å². The van der Waals surface area contributed by atoms with E-state index in [-0.39, 0.29) is 12.1 Å². The van der Waals surface area contributed by atoms with Crippen LogP contribution >= 0.6 is 0 Å². The number of ether oxygens (including phenoxy) is 1. The maximum Gasteiger partial charge on any atom is 0.334 e. The Hall–Kier alpha value is -0.790. The van der Waals surface area contributed by atoms with Gasteiger partial charge in [-0.25, -0.2) is 4.79 Å². The van der Waals surface area contributed by atoms with Crippen LogP contribution in [0.25, 0.3) is 0 Å². The summed E-state index contributed by atoms with van der Waals surface area (Å²) in [5.41, 5.74) is 1.82. The minimum Gasteiger partial charge on any atom is -0.455 e. The third-order valence-electron chi connectivity index (χ3n) is 1.79. The van der Waals surface area contributed by atoms with Crippen LogP contribution in [0.15, 0.2) is 11.1 Å². The molecule has 0 saturated carbocycles. The fourth-order valence-corrected chi connectivity index (χ4v) is 0.803. The van der Waals surface area contributed by atoms with E-state index in [0.717, 1.165) is 11.1 Å². The average molecular weight is 156 g/mol. The fourth-order valence-electron chi connectivity index (χ4n) is 0.803. The van der Waals surface area contributed by atoms with Crippen molar-refractivity contribution in [3.05, 3.63) is 11.1 Å². The molecule has 64 valence electrons. The Morgan fingerprint density at radius 1 is 1.27 bits per heavy atom. The quantitative estimate of drug-likeness (QED) is 0.503. The number of carbonyl (C=O) groups excluding carboxylic acids is 1. The smallest absolute Gasteiger partial charge is 0.334 e. The van der Waals surface area contributed by atoms with E-state index in [2.05, 4.69) is 0 Å². The van der Waals surface area contributed by atoms with Gasteiger partial charge in [0.15, 0.2) is 0 Å². The Morgan fingerprint density at radius 3 is 1.82 bits per heavy atom. The lowest BCUT2D eigenvalue weighted by Crippen LogP contribution is -2.04. The van der Waals surface area contributed by atoms with Crippen LogP contribution in [0.3, 0.4) is 0 Å². The van der Waals surface area contributed by atoms with Gasteiger partial charge in [0.2, 0.25) is 0 Å². The predicted octanol–water partition coefficient (Wildman–Crippen LogP) is 2.29. The topological polar surface area (TPSA) is 26.3 Å². The van der Waals surface area contributed by atoms with Crippen molar-refractivity contribution in [3.63, 3.8) is 0 Å². The Morgan fingerprint density at radius 2 is 1.73 bits per heavy atom. The summed E-state index contributed by atoms with van der Waals surface area (Å²) in [6, 6.07) is 0. The van der Waals surface area contributed by atoms with Gasteiger partial charge in [-0.2, -0.15) is 0 Å². The van der Waals surface area contributed by atoms with Crippen molar-refractivity contribution >= 4 is 5.97 Å². The van der Waals surface area contributed by atoms with Crippen LogP contribution < -0.4 is 0 Å². The fraction of sp³-hybridized carbons (Fsp3) is 0.667. The van der Waals surface area contributed by atoms with Gasteiger partial charge in [0, 0.05) is 5.57 Å². The van der Waals surface area contributed by atoms with E-state index in [9.17, 15) is 4.79 Å². The maximum absolute atomic E-state index is 10.7. The second-order valence-electron chi connectivity index (χ2n) is 2.36. The molecule has 0 bridgehead atoms. The molecule has 0 aromatic carbocycles. The molecule has 1 atom stereocenters. The summed E-state index contributed by atoms with van der Waals surface area (Å²) >= 11 is 0. The minimum atomic E-state index is -0.167. The summed E-state index contributed by atoms with van der Waals surface area (Å²) in [4.78, 5) is 10.7. The van der Waals surface area contributed by atoms with Gasteiger partial charge < -0.3 is 4.74 Å². The molecule has 1 unspecified atom stereocenters. The van der Waals surface area contributed by atoms with Crippen LogP contribution in [0, 0.1) is 0 Å². The van der Waals surface area contributed by atoms with Gasteiger partial charge in [0.05, 0.1) is 0 Å². The zero-order valence-corrected chi connectivity index (χ0v) is 7.89. The molecule has 0 aromatic heterocycles. The van der Waals surface area contributed by atoms with Crippen molar-refractivity contribution in [2.24, 2.45) is 0 Å². The molecule has 1 heterocycles. The number of carbonyl (C=O) groups is 1. The molecule has 0 amide bonds. The first-order chi connectivity index (χ1) is 5.13. The van der Waals surface area contributed by atoms with Gasteiger partial charge in [-0.05, 0) is 26.3 Å². The van der Waals surface area contributed by atoms with Crippen LogP contribution in [0.4, 0.5) is 0 Å². The van der Waals surface area contributed by atoms with Crippen LogP contribution in [0.2, 0.25) is 0 Å². The largest absolute Gasteiger partial charge is 0.455 e. The van der Waals surface area contributed by atoms with E-state index < -0.39 is 0 Å². The summed E-state index contributed by atoms with van der Waals surface area (Å²) in [5, 5.41) is 0. The van der Waals surface area contributed by atoms with Crippen molar-refractivity contribution in [3.8, 4) is 0 Å². The van der Waals surface area contributed by atoms with Crippen molar-refractivity contribution in [1.29, 1.82) is 0 Å². The Kier molecular flexibility index (Phi) is 3.86. The van der Waals surface area contributed by atoms with E-state index in [1.807, 2.05) is 27.7 Å². The van der Waals surface area contributed by atoms with Gasteiger partial charge >= 0.3 is 5.97 Å². The predicted molar refractivity (Wildman–Crippen MR) is 45.3 cm³/mol. The number of cyclic esters (lactones) is 1. The number of esters is 1. The van der Waals surface area contributed by atoms with Gasteiger partial charge in [0.25, 0.3) is 0 Å². The van der Waals surface area contributed by atoms with E-state index in [4.69, 9.17) is 4.74 Å². The molecular weight excluding hydrogens is 140 g/mol. The van der Waals surface area contributed by atoms with Crippen molar-refractivity contribution in [2.45, 2.75) is 40.7 Å². The Balaban J connectivity index is 0.000000461. The molecule has 2 heteroatoms. The van der Waals surface area contributed by atoms with Gasteiger partial charge in [-0.3, -0.25) is 0 Å². The molecule has 1 aliphatic rings. The summed E-state index contributed by atoms with van der Waals surface area (Å²) in [6.45, 7) is 9.59. The minimum absolute atomic E-state index is 0.00231. The number of hydrogen-bond donors (Lipinski definition) is 0. The molecule has 2 nitrogen and oxygen atoms in total.